The number of ketones is 1. The molecule has 1 aromatic heterocycles. The number of benzene rings is 3. The van der Waals surface area contributed by atoms with E-state index >= 15 is 0 Å². The molecule has 5 rings (SSSR count). The largest absolute Gasteiger partial charge is 0.507 e. The van der Waals surface area contributed by atoms with E-state index in [0.29, 0.717) is 30.9 Å². The van der Waals surface area contributed by atoms with Crippen LogP contribution in [0, 0.1) is 12.7 Å². The number of rotatable bonds is 9. The first-order valence-electron chi connectivity index (χ1n) is 12.7. The molecule has 2 heterocycles. The van der Waals surface area contributed by atoms with Gasteiger partial charge in [0, 0.05) is 36.6 Å². The first-order chi connectivity index (χ1) is 18.9. The second-order valence-electron chi connectivity index (χ2n) is 9.47. The first-order valence-corrected chi connectivity index (χ1v) is 12.7. The highest BCUT2D eigenvalue weighted by molar-refractivity contribution is 6.46. The predicted molar refractivity (Wildman–Crippen MR) is 144 cm³/mol. The van der Waals surface area contributed by atoms with Gasteiger partial charge in [0.15, 0.2) is 0 Å². The molecule has 1 N–H and O–H groups in total. The Bertz CT molecular complexity index is 1510. The lowest BCUT2D eigenvalue weighted by Gasteiger charge is -2.25. The van der Waals surface area contributed by atoms with Gasteiger partial charge >= 0.3 is 0 Å². The van der Waals surface area contributed by atoms with Crippen LogP contribution in [0.25, 0.3) is 5.76 Å². The van der Waals surface area contributed by atoms with Crippen molar-refractivity contribution >= 4 is 17.4 Å². The summed E-state index contributed by atoms with van der Waals surface area (Å²) in [5.41, 5.74) is 2.51. The number of carbonyl (C=O) groups is 2. The average molecular weight is 526 g/mol. The maximum absolute atomic E-state index is 15.0. The SMILES string of the molecule is Cc1cccc(COc2ccc(/C(O)=C3\C(=O)C(=O)N(CCCn4ccnc4)C3c3ccccc3F)cc2)c1. The van der Waals surface area contributed by atoms with E-state index in [-0.39, 0.29) is 23.4 Å². The number of carbonyl (C=O) groups excluding carboxylic acids is 2. The van der Waals surface area contributed by atoms with E-state index in [1.165, 1.54) is 17.0 Å². The minimum atomic E-state index is -1.05. The number of nitrogens with zero attached hydrogens (tertiary/aromatic N) is 3. The summed E-state index contributed by atoms with van der Waals surface area (Å²) in [6.45, 7) is 3.16. The van der Waals surface area contributed by atoms with E-state index in [1.54, 1.807) is 55.1 Å². The molecule has 0 radical (unpaired) electrons. The fraction of sp³-hybridized carbons (Fsp3) is 0.194. The Morgan fingerprint density at radius 1 is 1.03 bits per heavy atom. The number of Topliss-reactive ketones (excluding diaryl/α,β-unsaturated/α-hetero) is 1. The minimum absolute atomic E-state index is 0.138. The second kappa shape index (κ2) is 11.3. The van der Waals surface area contributed by atoms with Crippen LogP contribution in [0.5, 0.6) is 5.75 Å². The third kappa shape index (κ3) is 5.60. The zero-order valence-corrected chi connectivity index (χ0v) is 21.5. The molecule has 3 aromatic carbocycles. The van der Waals surface area contributed by atoms with Gasteiger partial charge in [-0.2, -0.15) is 0 Å². The molecule has 0 spiro atoms. The summed E-state index contributed by atoms with van der Waals surface area (Å²) < 4.78 is 22.7. The fourth-order valence-corrected chi connectivity index (χ4v) is 4.81. The smallest absolute Gasteiger partial charge is 0.295 e. The molecule has 1 atom stereocenters. The monoisotopic (exact) mass is 525 g/mol. The normalized spacial score (nSPS) is 16.6. The molecular formula is C31H28FN3O4. The molecule has 1 aliphatic heterocycles. The van der Waals surface area contributed by atoms with Crippen molar-refractivity contribution in [3.05, 3.63) is 125 Å². The molecule has 0 saturated carbocycles. The zero-order valence-electron chi connectivity index (χ0n) is 21.5. The van der Waals surface area contributed by atoms with Crippen molar-refractivity contribution in [2.45, 2.75) is 32.5 Å². The summed E-state index contributed by atoms with van der Waals surface area (Å²) in [7, 11) is 0. The van der Waals surface area contributed by atoms with Gasteiger partial charge in [-0.05, 0) is 49.2 Å². The standard InChI is InChI=1S/C31H28FN3O4/c1-21-6-4-7-22(18-21)19-39-24-12-10-23(11-13-24)29(36)27-28(25-8-2-3-9-26(25)32)35(31(38)30(27)37)16-5-15-34-17-14-33-20-34/h2-4,6-14,17-18,20,28,36H,5,15-16,19H2,1H3/b29-27+. The Labute approximate surface area is 225 Å². The van der Waals surface area contributed by atoms with Gasteiger partial charge < -0.3 is 19.3 Å². The molecule has 0 aliphatic carbocycles. The van der Waals surface area contributed by atoms with Crippen molar-refractivity contribution in [2.24, 2.45) is 0 Å². The molecule has 8 heteroatoms. The molecule has 1 fully saturated rings. The van der Waals surface area contributed by atoms with E-state index in [0.717, 1.165) is 11.1 Å². The van der Waals surface area contributed by atoms with Gasteiger partial charge in [0.25, 0.3) is 11.7 Å². The predicted octanol–water partition coefficient (Wildman–Crippen LogP) is 5.42. The number of aliphatic hydroxyl groups excluding tert-OH is 1. The molecule has 0 bridgehead atoms. The van der Waals surface area contributed by atoms with Crippen LogP contribution in [0.4, 0.5) is 4.39 Å². The van der Waals surface area contributed by atoms with E-state index < -0.39 is 23.5 Å². The molecule has 1 unspecified atom stereocenters. The third-order valence-electron chi connectivity index (χ3n) is 6.73. The highest BCUT2D eigenvalue weighted by Crippen LogP contribution is 2.40. The lowest BCUT2D eigenvalue weighted by atomic mass is 9.95. The number of halogens is 1. The molecule has 39 heavy (non-hydrogen) atoms. The summed E-state index contributed by atoms with van der Waals surface area (Å²) in [6, 6.07) is 19.5. The number of aromatic nitrogens is 2. The van der Waals surface area contributed by atoms with Gasteiger partial charge in [0.2, 0.25) is 0 Å². The van der Waals surface area contributed by atoms with Crippen LogP contribution in [0.3, 0.4) is 0 Å². The van der Waals surface area contributed by atoms with E-state index in [1.807, 2.05) is 35.8 Å². The minimum Gasteiger partial charge on any atom is -0.507 e. The Hall–Kier alpha value is -4.72. The van der Waals surface area contributed by atoms with Crippen LogP contribution in [-0.4, -0.2) is 37.8 Å². The van der Waals surface area contributed by atoms with Crippen molar-refractivity contribution in [3.8, 4) is 5.75 Å². The highest BCUT2D eigenvalue weighted by Gasteiger charge is 2.46. The number of ether oxygens (including phenoxy) is 1. The molecule has 1 aliphatic rings. The van der Waals surface area contributed by atoms with Crippen LogP contribution < -0.4 is 4.74 Å². The van der Waals surface area contributed by atoms with Crippen LogP contribution in [0.15, 0.2) is 97.1 Å². The van der Waals surface area contributed by atoms with Crippen molar-refractivity contribution in [1.82, 2.24) is 14.5 Å². The van der Waals surface area contributed by atoms with E-state index in [4.69, 9.17) is 4.74 Å². The Kier molecular flexibility index (Phi) is 7.54. The number of hydrogen-bond donors (Lipinski definition) is 1. The maximum atomic E-state index is 15.0. The van der Waals surface area contributed by atoms with Crippen LogP contribution in [-0.2, 0) is 22.7 Å². The third-order valence-corrected chi connectivity index (χ3v) is 6.73. The molecule has 198 valence electrons. The number of aliphatic hydroxyl groups is 1. The molecule has 1 saturated heterocycles. The topological polar surface area (TPSA) is 84.7 Å². The second-order valence-corrected chi connectivity index (χ2v) is 9.47. The average Bonchev–Trinajstić information content (AvgIpc) is 3.55. The highest BCUT2D eigenvalue weighted by atomic mass is 19.1. The van der Waals surface area contributed by atoms with Gasteiger partial charge in [-0.3, -0.25) is 9.59 Å². The molecule has 1 amide bonds. The summed E-state index contributed by atoms with van der Waals surface area (Å²) in [5.74, 6) is -1.95. The van der Waals surface area contributed by atoms with E-state index in [9.17, 15) is 19.1 Å². The molecule has 4 aromatic rings. The number of imidazole rings is 1. The number of hydrogen-bond acceptors (Lipinski definition) is 5. The van der Waals surface area contributed by atoms with Crippen molar-refractivity contribution in [3.63, 3.8) is 0 Å². The van der Waals surface area contributed by atoms with Gasteiger partial charge in [-0.1, -0.05) is 48.0 Å². The summed E-state index contributed by atoms with van der Waals surface area (Å²) in [6.07, 6.45) is 5.64. The fourth-order valence-electron chi connectivity index (χ4n) is 4.81. The van der Waals surface area contributed by atoms with Crippen LogP contribution in [0.1, 0.15) is 34.7 Å². The zero-order chi connectivity index (χ0) is 27.4. The number of aryl methyl sites for hydroxylation is 2. The Morgan fingerprint density at radius 2 is 1.82 bits per heavy atom. The van der Waals surface area contributed by atoms with Gasteiger partial charge in [-0.25, -0.2) is 9.37 Å². The maximum Gasteiger partial charge on any atom is 0.295 e. The number of amides is 1. The lowest BCUT2D eigenvalue weighted by molar-refractivity contribution is -0.140. The van der Waals surface area contributed by atoms with Crippen molar-refractivity contribution < 1.29 is 23.8 Å². The van der Waals surface area contributed by atoms with Crippen LogP contribution >= 0.6 is 0 Å². The van der Waals surface area contributed by atoms with Gasteiger partial charge in [0.05, 0.1) is 17.9 Å². The Morgan fingerprint density at radius 3 is 2.54 bits per heavy atom. The first kappa shape index (κ1) is 25.9. The molecular weight excluding hydrogens is 497 g/mol. The summed E-state index contributed by atoms with van der Waals surface area (Å²) in [5, 5.41) is 11.3. The van der Waals surface area contributed by atoms with Gasteiger partial charge in [-0.15, -0.1) is 0 Å². The summed E-state index contributed by atoms with van der Waals surface area (Å²) >= 11 is 0. The quantitative estimate of drug-likeness (QED) is 0.179. The van der Waals surface area contributed by atoms with Gasteiger partial charge in [0.1, 0.15) is 23.9 Å². The van der Waals surface area contributed by atoms with Crippen LogP contribution in [0.2, 0.25) is 0 Å². The van der Waals surface area contributed by atoms with Crippen molar-refractivity contribution in [2.75, 3.05) is 6.54 Å². The summed E-state index contributed by atoms with van der Waals surface area (Å²) in [4.78, 5) is 31.7. The van der Waals surface area contributed by atoms with Crippen molar-refractivity contribution in [1.29, 1.82) is 0 Å². The number of likely N-dealkylation sites (tertiary alicyclic amines) is 1. The Balaban J connectivity index is 1.42. The molecule has 7 nitrogen and oxygen atoms in total. The van der Waals surface area contributed by atoms with E-state index in [2.05, 4.69) is 4.98 Å². The lowest BCUT2D eigenvalue weighted by Crippen LogP contribution is -2.31.